The first-order valence-corrected chi connectivity index (χ1v) is 6.14. The first kappa shape index (κ1) is 13.6. The van der Waals surface area contributed by atoms with E-state index < -0.39 is 17.6 Å². The number of hydrogen-bond acceptors (Lipinski definition) is 3. The molecule has 19 heavy (non-hydrogen) atoms. The van der Waals surface area contributed by atoms with Gasteiger partial charge in [-0.1, -0.05) is 11.2 Å². The van der Waals surface area contributed by atoms with Crippen molar-refractivity contribution in [1.82, 2.24) is 10.3 Å². The van der Waals surface area contributed by atoms with Crippen molar-refractivity contribution in [2.24, 2.45) is 5.11 Å². The summed E-state index contributed by atoms with van der Waals surface area (Å²) in [6, 6.07) is 2.68. The first-order valence-electron chi connectivity index (χ1n) is 5.35. The van der Waals surface area contributed by atoms with Crippen LogP contribution in [0.15, 0.2) is 21.9 Å². The van der Waals surface area contributed by atoms with Crippen LogP contribution < -0.4 is 5.32 Å². The zero-order valence-corrected chi connectivity index (χ0v) is 11.1. The molecule has 9 heteroatoms. The topological polar surface area (TPSA) is 111 Å². The van der Waals surface area contributed by atoms with Gasteiger partial charge < -0.3 is 10.4 Å². The Morgan fingerprint density at radius 2 is 2.37 bits per heavy atom. The number of carboxylic acid groups (broad SMARTS) is 1. The summed E-state index contributed by atoms with van der Waals surface area (Å²) in [4.78, 5) is 16.9. The fourth-order valence-electron chi connectivity index (χ4n) is 2.23. The second-order valence-electron chi connectivity index (χ2n) is 4.25. The Morgan fingerprint density at radius 1 is 1.68 bits per heavy atom. The fourth-order valence-corrected chi connectivity index (χ4v) is 2.52. The molecule has 1 amide bonds. The van der Waals surface area contributed by atoms with Gasteiger partial charge in [0, 0.05) is 16.5 Å². The average molecular weight is 330 g/mol. The number of nitrogens with one attached hydrogen (secondary N) is 1. The van der Waals surface area contributed by atoms with E-state index in [1.54, 1.807) is 6.07 Å². The van der Waals surface area contributed by atoms with Gasteiger partial charge in [-0.15, -0.1) is 0 Å². The van der Waals surface area contributed by atoms with E-state index in [1.165, 1.54) is 6.07 Å². The van der Waals surface area contributed by atoms with Crippen LogP contribution in [0.4, 0.5) is 9.18 Å². The van der Waals surface area contributed by atoms with E-state index in [0.29, 0.717) is 4.60 Å². The third-order valence-corrected chi connectivity index (χ3v) is 3.49. The molecule has 2 rings (SSSR count). The van der Waals surface area contributed by atoms with Crippen LogP contribution in [0.3, 0.4) is 0 Å². The number of rotatable bonds is 3. The number of nitrogens with zero attached hydrogens (tertiary/aromatic N) is 4. The molecule has 1 saturated carbocycles. The van der Waals surface area contributed by atoms with E-state index in [2.05, 4.69) is 36.3 Å². The molecule has 7 nitrogen and oxygen atoms in total. The lowest BCUT2D eigenvalue weighted by atomic mass is 9.69. The highest BCUT2D eigenvalue weighted by molar-refractivity contribution is 9.10. The highest BCUT2D eigenvalue weighted by atomic mass is 79.9. The second kappa shape index (κ2) is 5.02. The fraction of sp³-hybridized carbons (Fsp3) is 0.400. The summed E-state index contributed by atoms with van der Waals surface area (Å²) in [5.74, 6) is -0.726. The third-order valence-electron chi connectivity index (χ3n) is 3.05. The largest absolute Gasteiger partial charge is 0.465 e. The van der Waals surface area contributed by atoms with Crippen LogP contribution in [0.5, 0.6) is 0 Å². The van der Waals surface area contributed by atoms with Crippen molar-refractivity contribution in [2.45, 2.75) is 24.4 Å². The van der Waals surface area contributed by atoms with Gasteiger partial charge in [-0.3, -0.25) is 0 Å². The zero-order valence-electron chi connectivity index (χ0n) is 9.55. The molecule has 0 aromatic carbocycles. The van der Waals surface area contributed by atoms with Crippen LogP contribution >= 0.6 is 15.9 Å². The van der Waals surface area contributed by atoms with Crippen molar-refractivity contribution in [3.05, 3.63) is 38.7 Å². The van der Waals surface area contributed by atoms with Crippen molar-refractivity contribution in [3.63, 3.8) is 0 Å². The maximum atomic E-state index is 13.8. The Morgan fingerprint density at radius 3 is 2.89 bits per heavy atom. The Bertz CT molecular complexity index is 569. The summed E-state index contributed by atoms with van der Waals surface area (Å²) in [5, 5.41) is 14.5. The van der Waals surface area contributed by atoms with Crippen molar-refractivity contribution >= 4 is 22.0 Å². The Labute approximate surface area is 115 Å². The SMILES string of the molecule is [N-]=[N+]=NC1(c2ccc(Br)nc2F)CC(NC(=O)O)C1. The van der Waals surface area contributed by atoms with Gasteiger partial charge in [-0.2, -0.15) is 4.39 Å². The van der Waals surface area contributed by atoms with E-state index >= 15 is 0 Å². The maximum absolute atomic E-state index is 13.8. The van der Waals surface area contributed by atoms with Gasteiger partial charge in [0.15, 0.2) is 0 Å². The van der Waals surface area contributed by atoms with Gasteiger partial charge in [-0.05, 0) is 40.4 Å². The second-order valence-corrected chi connectivity index (χ2v) is 5.06. The van der Waals surface area contributed by atoms with Crippen LogP contribution in [-0.2, 0) is 5.54 Å². The molecule has 2 N–H and O–H groups in total. The van der Waals surface area contributed by atoms with Gasteiger partial charge in [0.1, 0.15) is 4.60 Å². The first-order chi connectivity index (χ1) is 8.97. The molecule has 0 bridgehead atoms. The van der Waals surface area contributed by atoms with Crippen LogP contribution in [0, 0.1) is 5.95 Å². The number of amides is 1. The molecule has 100 valence electrons. The van der Waals surface area contributed by atoms with E-state index in [-0.39, 0.29) is 24.4 Å². The van der Waals surface area contributed by atoms with Gasteiger partial charge in [0.05, 0.1) is 5.54 Å². The molecule has 0 saturated heterocycles. The zero-order chi connectivity index (χ0) is 14.0. The Balaban J connectivity index is 2.28. The normalized spacial score (nSPS) is 25.1. The number of aromatic nitrogens is 1. The molecule has 0 atom stereocenters. The van der Waals surface area contributed by atoms with Crippen LogP contribution in [0.2, 0.25) is 0 Å². The van der Waals surface area contributed by atoms with E-state index in [4.69, 9.17) is 10.6 Å². The third kappa shape index (κ3) is 2.61. The minimum absolute atomic E-state index is 0.178. The number of halogens is 2. The van der Waals surface area contributed by atoms with E-state index in [0.717, 1.165) is 0 Å². The molecule has 1 aliphatic carbocycles. The highest BCUT2D eigenvalue weighted by Gasteiger charge is 2.47. The Kier molecular flexibility index (Phi) is 3.59. The molecule has 1 aliphatic rings. The van der Waals surface area contributed by atoms with Crippen LogP contribution in [0.1, 0.15) is 18.4 Å². The van der Waals surface area contributed by atoms with Crippen LogP contribution in [0.25, 0.3) is 10.4 Å². The van der Waals surface area contributed by atoms with Crippen molar-refractivity contribution in [1.29, 1.82) is 0 Å². The predicted molar refractivity (Wildman–Crippen MR) is 66.9 cm³/mol. The maximum Gasteiger partial charge on any atom is 0.404 e. The Hall–Kier alpha value is -1.86. The lowest BCUT2D eigenvalue weighted by Crippen LogP contribution is -2.52. The van der Waals surface area contributed by atoms with Crippen LogP contribution in [-0.4, -0.2) is 22.2 Å². The number of carbonyl (C=O) groups is 1. The van der Waals surface area contributed by atoms with E-state index in [9.17, 15) is 9.18 Å². The molecular formula is C10H9BrFN5O2. The smallest absolute Gasteiger partial charge is 0.404 e. The van der Waals surface area contributed by atoms with Gasteiger partial charge in [0.25, 0.3) is 0 Å². The van der Waals surface area contributed by atoms with Gasteiger partial charge in [-0.25, -0.2) is 9.78 Å². The molecular weight excluding hydrogens is 321 g/mol. The van der Waals surface area contributed by atoms with Gasteiger partial charge in [0.2, 0.25) is 5.95 Å². The quantitative estimate of drug-likeness (QED) is 0.385. The molecule has 1 fully saturated rings. The summed E-state index contributed by atoms with van der Waals surface area (Å²) >= 11 is 3.04. The molecule has 0 unspecified atom stereocenters. The molecule has 0 spiro atoms. The minimum atomic E-state index is -1.16. The molecule has 1 aromatic heterocycles. The summed E-state index contributed by atoms with van der Waals surface area (Å²) in [7, 11) is 0. The minimum Gasteiger partial charge on any atom is -0.465 e. The molecule has 0 aliphatic heterocycles. The predicted octanol–water partition coefficient (Wildman–Crippen LogP) is 2.92. The average Bonchev–Trinajstić information content (AvgIpc) is 2.25. The molecule has 1 aromatic rings. The number of azide groups is 1. The van der Waals surface area contributed by atoms with Crippen molar-refractivity contribution in [2.75, 3.05) is 0 Å². The summed E-state index contributed by atoms with van der Waals surface area (Å²) < 4.78 is 14.2. The lowest BCUT2D eigenvalue weighted by Gasteiger charge is -2.44. The number of pyridine rings is 1. The standard InChI is InChI=1S/C10H9BrFN5O2/c11-7-2-1-6(8(12)15-7)10(16-17-13)3-5(4-10)14-9(18)19/h1-2,5,14H,3-4H2,(H,18,19). The van der Waals surface area contributed by atoms with Crippen molar-refractivity contribution in [3.8, 4) is 0 Å². The number of hydrogen-bond donors (Lipinski definition) is 2. The van der Waals surface area contributed by atoms with Gasteiger partial charge >= 0.3 is 6.09 Å². The van der Waals surface area contributed by atoms with E-state index in [1.807, 2.05) is 0 Å². The summed E-state index contributed by atoms with van der Waals surface area (Å²) in [6.07, 6.45) is -0.735. The molecule has 1 heterocycles. The monoisotopic (exact) mass is 329 g/mol. The molecule has 0 radical (unpaired) electrons. The lowest BCUT2D eigenvalue weighted by molar-refractivity contribution is 0.146. The van der Waals surface area contributed by atoms with Crippen molar-refractivity contribution < 1.29 is 14.3 Å². The summed E-state index contributed by atoms with van der Waals surface area (Å²) in [6.45, 7) is 0. The highest BCUT2D eigenvalue weighted by Crippen LogP contribution is 2.46. The summed E-state index contributed by atoms with van der Waals surface area (Å²) in [5.41, 5.74) is 7.72.